The summed E-state index contributed by atoms with van der Waals surface area (Å²) in [5.41, 5.74) is 4.06. The third-order valence-corrected chi connectivity index (χ3v) is 2.75. The molecule has 0 spiro atoms. The molecule has 14 heavy (non-hydrogen) atoms. The number of anilines is 1. The zero-order valence-corrected chi connectivity index (χ0v) is 8.84. The number of aryl methyl sites for hydroxylation is 1. The number of fused-ring (bicyclic) bond motifs is 1. The molecule has 0 saturated carbocycles. The van der Waals surface area contributed by atoms with E-state index in [0.29, 0.717) is 5.92 Å². The molecule has 0 saturated heterocycles. The van der Waals surface area contributed by atoms with Gasteiger partial charge in [-0.2, -0.15) is 0 Å². The normalized spacial score (nSPS) is 20.0. The summed E-state index contributed by atoms with van der Waals surface area (Å²) in [6.07, 6.45) is 1.14. The van der Waals surface area contributed by atoms with E-state index in [1.807, 2.05) is 0 Å². The Labute approximate surface area is 85.3 Å². The minimum atomic E-state index is 0.620. The van der Waals surface area contributed by atoms with Crippen LogP contribution in [-0.4, -0.2) is 20.3 Å². The molecule has 0 aliphatic carbocycles. The van der Waals surface area contributed by atoms with Gasteiger partial charge in [-0.25, -0.2) is 0 Å². The number of hydrogen-bond donors (Lipinski definition) is 1. The van der Waals surface area contributed by atoms with Crippen LogP contribution < -0.4 is 5.32 Å². The first-order chi connectivity index (χ1) is 6.79. The van der Waals surface area contributed by atoms with Gasteiger partial charge in [-0.05, 0) is 25.0 Å². The fourth-order valence-corrected chi connectivity index (χ4v) is 2.05. The molecule has 0 bridgehead atoms. The molecule has 0 fully saturated rings. The lowest BCUT2D eigenvalue weighted by Gasteiger charge is -2.25. The summed E-state index contributed by atoms with van der Waals surface area (Å²) in [5, 5.41) is 3.44. The highest BCUT2D eigenvalue weighted by atomic mass is 16.5. The van der Waals surface area contributed by atoms with Crippen molar-refractivity contribution < 1.29 is 4.74 Å². The van der Waals surface area contributed by atoms with Crippen molar-refractivity contribution in [1.82, 2.24) is 0 Å². The molecule has 1 atom stereocenters. The summed E-state index contributed by atoms with van der Waals surface area (Å²) < 4.78 is 5.19. The van der Waals surface area contributed by atoms with Crippen LogP contribution in [0.4, 0.5) is 5.69 Å². The van der Waals surface area contributed by atoms with Crippen molar-refractivity contribution in [2.24, 2.45) is 5.92 Å². The van der Waals surface area contributed by atoms with E-state index >= 15 is 0 Å². The van der Waals surface area contributed by atoms with Crippen LogP contribution >= 0.6 is 0 Å². The molecule has 0 radical (unpaired) electrons. The molecule has 1 aliphatic heterocycles. The molecule has 1 N–H and O–H groups in total. The fourth-order valence-electron chi connectivity index (χ4n) is 2.05. The van der Waals surface area contributed by atoms with Gasteiger partial charge in [-0.3, -0.25) is 0 Å². The Kier molecular flexibility index (Phi) is 2.73. The number of rotatable bonds is 2. The molecule has 1 unspecified atom stereocenters. The average Bonchev–Trinajstić information content (AvgIpc) is 2.17. The van der Waals surface area contributed by atoms with E-state index in [0.717, 1.165) is 19.6 Å². The van der Waals surface area contributed by atoms with Crippen molar-refractivity contribution >= 4 is 5.69 Å². The highest BCUT2D eigenvalue weighted by Crippen LogP contribution is 2.25. The Bertz CT molecular complexity index is 322. The molecule has 2 heteroatoms. The monoisotopic (exact) mass is 191 g/mol. The van der Waals surface area contributed by atoms with E-state index in [4.69, 9.17) is 4.74 Å². The minimum absolute atomic E-state index is 0.620. The van der Waals surface area contributed by atoms with Crippen molar-refractivity contribution in [1.29, 1.82) is 0 Å². The van der Waals surface area contributed by atoms with Gasteiger partial charge in [0.1, 0.15) is 0 Å². The Balaban J connectivity index is 2.16. The third-order valence-electron chi connectivity index (χ3n) is 2.75. The molecule has 1 aliphatic rings. The first kappa shape index (κ1) is 9.53. The van der Waals surface area contributed by atoms with Crippen LogP contribution in [0, 0.1) is 12.8 Å². The second-order valence-corrected chi connectivity index (χ2v) is 4.07. The smallest absolute Gasteiger partial charge is 0.0510 e. The molecule has 0 amide bonds. The van der Waals surface area contributed by atoms with Crippen LogP contribution in [0.5, 0.6) is 0 Å². The van der Waals surface area contributed by atoms with Crippen molar-refractivity contribution in [3.05, 3.63) is 29.3 Å². The summed E-state index contributed by atoms with van der Waals surface area (Å²) in [6, 6.07) is 6.60. The average molecular weight is 191 g/mol. The van der Waals surface area contributed by atoms with Gasteiger partial charge in [0.25, 0.3) is 0 Å². The number of benzene rings is 1. The standard InChI is InChI=1S/C12H17NO/c1-9-3-4-12-11(5-9)6-10(7-13-12)8-14-2/h3-5,10,13H,6-8H2,1-2H3. The maximum Gasteiger partial charge on any atom is 0.0510 e. The van der Waals surface area contributed by atoms with E-state index in [9.17, 15) is 0 Å². The van der Waals surface area contributed by atoms with Gasteiger partial charge in [0.2, 0.25) is 0 Å². The van der Waals surface area contributed by atoms with Crippen LogP contribution in [0.1, 0.15) is 11.1 Å². The molecule has 76 valence electrons. The predicted octanol–water partition coefficient (Wildman–Crippen LogP) is 2.23. The summed E-state index contributed by atoms with van der Waals surface area (Å²) in [7, 11) is 1.77. The van der Waals surface area contributed by atoms with E-state index < -0.39 is 0 Å². The Morgan fingerprint density at radius 3 is 3.14 bits per heavy atom. The molecule has 1 aromatic rings. The largest absolute Gasteiger partial charge is 0.384 e. The van der Waals surface area contributed by atoms with Crippen molar-refractivity contribution in [3.8, 4) is 0 Å². The summed E-state index contributed by atoms with van der Waals surface area (Å²) in [4.78, 5) is 0. The van der Waals surface area contributed by atoms with Crippen LogP contribution in [0.25, 0.3) is 0 Å². The number of hydrogen-bond acceptors (Lipinski definition) is 2. The molecule has 1 heterocycles. The van der Waals surface area contributed by atoms with Crippen LogP contribution in [-0.2, 0) is 11.2 Å². The minimum Gasteiger partial charge on any atom is -0.384 e. The third kappa shape index (κ3) is 1.90. The van der Waals surface area contributed by atoms with Gasteiger partial charge < -0.3 is 10.1 Å². The van der Waals surface area contributed by atoms with Gasteiger partial charge in [-0.1, -0.05) is 17.7 Å². The molecular weight excluding hydrogens is 174 g/mol. The summed E-state index contributed by atoms with van der Waals surface area (Å²) in [6.45, 7) is 4.02. The molecule has 1 aromatic carbocycles. The zero-order chi connectivity index (χ0) is 9.97. The van der Waals surface area contributed by atoms with E-state index in [1.165, 1.54) is 16.8 Å². The summed E-state index contributed by atoms with van der Waals surface area (Å²) >= 11 is 0. The maximum absolute atomic E-state index is 5.19. The zero-order valence-electron chi connectivity index (χ0n) is 8.84. The first-order valence-electron chi connectivity index (χ1n) is 5.12. The lowest BCUT2D eigenvalue weighted by atomic mass is 9.93. The van der Waals surface area contributed by atoms with Crippen LogP contribution in [0.15, 0.2) is 18.2 Å². The van der Waals surface area contributed by atoms with Crippen molar-refractivity contribution in [3.63, 3.8) is 0 Å². The lowest BCUT2D eigenvalue weighted by Crippen LogP contribution is -2.26. The Morgan fingerprint density at radius 2 is 2.36 bits per heavy atom. The van der Waals surface area contributed by atoms with Gasteiger partial charge in [0.15, 0.2) is 0 Å². The first-order valence-corrected chi connectivity index (χ1v) is 5.12. The van der Waals surface area contributed by atoms with Gasteiger partial charge in [-0.15, -0.1) is 0 Å². The highest BCUT2D eigenvalue weighted by Gasteiger charge is 2.17. The van der Waals surface area contributed by atoms with Gasteiger partial charge in [0, 0.05) is 25.3 Å². The van der Waals surface area contributed by atoms with Gasteiger partial charge >= 0.3 is 0 Å². The fraction of sp³-hybridized carbons (Fsp3) is 0.500. The lowest BCUT2D eigenvalue weighted by molar-refractivity contribution is 0.156. The SMILES string of the molecule is COCC1CNc2ccc(C)cc2C1. The van der Waals surface area contributed by atoms with Crippen LogP contribution in [0.3, 0.4) is 0 Å². The van der Waals surface area contributed by atoms with Crippen LogP contribution in [0.2, 0.25) is 0 Å². The maximum atomic E-state index is 5.19. The van der Waals surface area contributed by atoms with E-state index in [1.54, 1.807) is 7.11 Å². The van der Waals surface area contributed by atoms with Crippen molar-refractivity contribution in [2.45, 2.75) is 13.3 Å². The Morgan fingerprint density at radius 1 is 1.50 bits per heavy atom. The molecule has 2 rings (SSSR count). The van der Waals surface area contributed by atoms with E-state index in [2.05, 4.69) is 30.4 Å². The number of nitrogens with one attached hydrogen (secondary N) is 1. The molecule has 0 aromatic heterocycles. The highest BCUT2D eigenvalue weighted by molar-refractivity contribution is 5.54. The Hall–Kier alpha value is -1.02. The van der Waals surface area contributed by atoms with Gasteiger partial charge in [0.05, 0.1) is 6.61 Å². The topological polar surface area (TPSA) is 21.3 Å². The van der Waals surface area contributed by atoms with E-state index in [-0.39, 0.29) is 0 Å². The number of methoxy groups -OCH3 is 1. The second-order valence-electron chi connectivity index (χ2n) is 4.07. The molecular formula is C12H17NO. The van der Waals surface area contributed by atoms with Crippen molar-refractivity contribution in [2.75, 3.05) is 25.6 Å². The molecule has 2 nitrogen and oxygen atoms in total. The second kappa shape index (κ2) is 4.01. The quantitative estimate of drug-likeness (QED) is 0.774. The number of ether oxygens (including phenoxy) is 1. The summed E-state index contributed by atoms with van der Waals surface area (Å²) in [5.74, 6) is 0.620. The predicted molar refractivity (Wildman–Crippen MR) is 58.7 cm³/mol.